The van der Waals surface area contributed by atoms with Crippen LogP contribution in [-0.2, 0) is 24.1 Å². The lowest BCUT2D eigenvalue weighted by Crippen LogP contribution is -2.16. The summed E-state index contributed by atoms with van der Waals surface area (Å²) in [5.74, 6) is -0.0588. The molecule has 1 N–H and O–H groups in total. The van der Waals surface area contributed by atoms with Crippen LogP contribution in [0.3, 0.4) is 0 Å². The number of hydrogen-bond acceptors (Lipinski definition) is 3. The maximum atomic E-state index is 12.8. The van der Waals surface area contributed by atoms with Crippen molar-refractivity contribution in [3.8, 4) is 0 Å². The van der Waals surface area contributed by atoms with Gasteiger partial charge in [-0.15, -0.1) is 0 Å². The number of carbonyl (C=O) groups excluding carboxylic acids is 1. The van der Waals surface area contributed by atoms with Gasteiger partial charge in [0, 0.05) is 23.7 Å². The van der Waals surface area contributed by atoms with Gasteiger partial charge >= 0.3 is 6.18 Å². The van der Waals surface area contributed by atoms with Crippen molar-refractivity contribution in [1.29, 1.82) is 0 Å². The number of alkyl halides is 3. The number of nitrogens with one attached hydrogen (secondary N) is 1. The molecule has 0 atom stereocenters. The molecule has 11 heteroatoms. The van der Waals surface area contributed by atoms with Gasteiger partial charge in [0.2, 0.25) is 5.91 Å². The van der Waals surface area contributed by atoms with Crippen molar-refractivity contribution < 1.29 is 18.0 Å². The molecule has 0 saturated carbocycles. The smallest absolute Gasteiger partial charge is 0.309 e. The second kappa shape index (κ2) is 8.46. The highest BCUT2D eigenvalue weighted by Crippen LogP contribution is 2.35. The average Bonchev–Trinajstić information content (AvgIpc) is 3.20. The van der Waals surface area contributed by atoms with Gasteiger partial charge in [-0.3, -0.25) is 14.2 Å². The molecule has 1 aromatic carbocycles. The van der Waals surface area contributed by atoms with Crippen LogP contribution in [0, 0.1) is 6.92 Å². The largest absolute Gasteiger partial charge is 0.436 e. The molecule has 3 aromatic rings. The predicted molar refractivity (Wildman–Crippen MR) is 103 cm³/mol. The van der Waals surface area contributed by atoms with E-state index in [9.17, 15) is 18.0 Å². The van der Waals surface area contributed by atoms with Gasteiger partial charge in [-0.1, -0.05) is 35.3 Å². The van der Waals surface area contributed by atoms with Crippen LogP contribution in [-0.4, -0.2) is 25.5 Å². The zero-order chi connectivity index (χ0) is 21.2. The molecular weight excluding hydrogens is 430 g/mol. The summed E-state index contributed by atoms with van der Waals surface area (Å²) in [6.07, 6.45) is -3.02. The maximum Gasteiger partial charge on any atom is 0.436 e. The first-order valence-electron chi connectivity index (χ1n) is 8.51. The number of benzene rings is 1. The fraction of sp³-hybridized carbons (Fsp3) is 0.278. The molecule has 3 rings (SSSR count). The van der Waals surface area contributed by atoms with Crippen LogP contribution in [0.5, 0.6) is 0 Å². The number of aryl methyl sites for hydroxylation is 1. The van der Waals surface area contributed by atoms with Gasteiger partial charge in [-0.05, 0) is 24.6 Å². The molecule has 6 nitrogen and oxygen atoms in total. The molecule has 0 saturated heterocycles. The quantitative estimate of drug-likeness (QED) is 0.592. The Balaban J connectivity index is 1.56. The normalized spacial score (nSPS) is 11.7. The molecule has 0 radical (unpaired) electrons. The minimum atomic E-state index is -4.65. The number of aromatic nitrogens is 4. The van der Waals surface area contributed by atoms with E-state index in [1.165, 1.54) is 6.92 Å². The van der Waals surface area contributed by atoms with Crippen molar-refractivity contribution in [2.24, 2.45) is 0 Å². The van der Waals surface area contributed by atoms with Gasteiger partial charge in [0.25, 0.3) is 0 Å². The molecule has 2 heterocycles. The van der Waals surface area contributed by atoms with Crippen LogP contribution in [0.25, 0.3) is 0 Å². The third kappa shape index (κ3) is 5.30. The number of anilines is 1. The van der Waals surface area contributed by atoms with Crippen LogP contribution in [0.4, 0.5) is 19.0 Å². The number of hydrogen-bond donors (Lipinski definition) is 1. The van der Waals surface area contributed by atoms with Gasteiger partial charge < -0.3 is 5.32 Å². The first-order chi connectivity index (χ1) is 13.6. The maximum absolute atomic E-state index is 12.8. The van der Waals surface area contributed by atoms with Crippen LogP contribution < -0.4 is 5.32 Å². The molecule has 0 fully saturated rings. The van der Waals surface area contributed by atoms with E-state index in [0.29, 0.717) is 17.4 Å². The molecule has 154 valence electrons. The second-order valence-corrected chi connectivity index (χ2v) is 7.11. The van der Waals surface area contributed by atoms with Crippen molar-refractivity contribution in [2.45, 2.75) is 32.6 Å². The van der Waals surface area contributed by atoms with Crippen LogP contribution in [0.2, 0.25) is 10.0 Å². The van der Waals surface area contributed by atoms with E-state index in [0.717, 1.165) is 10.2 Å². The third-order valence-electron chi connectivity index (χ3n) is 4.12. The summed E-state index contributed by atoms with van der Waals surface area (Å²) in [5, 5.41) is 10.5. The van der Waals surface area contributed by atoms with E-state index in [4.69, 9.17) is 23.2 Å². The number of nitrogens with zero attached hydrogens (tertiary/aromatic N) is 4. The monoisotopic (exact) mass is 445 g/mol. The van der Waals surface area contributed by atoms with E-state index in [1.807, 2.05) is 12.1 Å². The summed E-state index contributed by atoms with van der Waals surface area (Å²) < 4.78 is 41.3. The zero-order valence-corrected chi connectivity index (χ0v) is 16.7. The van der Waals surface area contributed by atoms with Crippen LogP contribution in [0.15, 0.2) is 36.5 Å². The lowest BCUT2D eigenvalue weighted by molar-refractivity contribution is -0.141. The third-order valence-corrected chi connectivity index (χ3v) is 4.82. The van der Waals surface area contributed by atoms with Gasteiger partial charge in [0.1, 0.15) is 0 Å². The number of rotatable bonds is 6. The average molecular weight is 446 g/mol. The summed E-state index contributed by atoms with van der Waals surface area (Å²) in [7, 11) is 0. The first kappa shape index (κ1) is 21.2. The Morgan fingerprint density at radius 2 is 1.83 bits per heavy atom. The molecule has 2 aromatic heterocycles. The zero-order valence-electron chi connectivity index (χ0n) is 15.2. The van der Waals surface area contributed by atoms with Crippen LogP contribution in [0.1, 0.15) is 23.4 Å². The standard InChI is InChI=1S/C18H16Cl2F3N5O/c1-11-16(20)17(18(21,22)23)26-28(11)9-7-15(29)24-14-6-8-27(25-14)10-12-2-4-13(19)5-3-12/h2-6,8H,7,9-10H2,1H3,(H,24,25,29). The topological polar surface area (TPSA) is 64.7 Å². The molecule has 0 aliphatic carbocycles. The van der Waals surface area contributed by atoms with Crippen LogP contribution >= 0.6 is 23.2 Å². The Bertz CT molecular complexity index is 1010. The Morgan fingerprint density at radius 1 is 1.14 bits per heavy atom. The summed E-state index contributed by atoms with van der Waals surface area (Å²) in [5.41, 5.74) is -0.0149. The van der Waals surface area contributed by atoms with Gasteiger partial charge in [-0.2, -0.15) is 23.4 Å². The second-order valence-electron chi connectivity index (χ2n) is 6.29. The van der Waals surface area contributed by atoms with Gasteiger partial charge in [0.05, 0.1) is 23.8 Å². The molecule has 0 aliphatic heterocycles. The van der Waals surface area contributed by atoms with Crippen molar-refractivity contribution >= 4 is 34.9 Å². The SMILES string of the molecule is Cc1c(Cl)c(C(F)(F)F)nn1CCC(=O)Nc1ccn(Cc2ccc(Cl)cc2)n1. The number of carbonyl (C=O) groups is 1. The lowest BCUT2D eigenvalue weighted by atomic mass is 10.2. The molecule has 0 bridgehead atoms. The summed E-state index contributed by atoms with van der Waals surface area (Å²) in [6, 6.07) is 8.92. The Hall–Kier alpha value is -2.52. The van der Waals surface area contributed by atoms with Crippen molar-refractivity contribution in [3.63, 3.8) is 0 Å². The van der Waals surface area contributed by atoms with E-state index in [2.05, 4.69) is 15.5 Å². The molecule has 1 amide bonds. The summed E-state index contributed by atoms with van der Waals surface area (Å²) in [4.78, 5) is 12.1. The fourth-order valence-corrected chi connectivity index (χ4v) is 3.00. The fourth-order valence-electron chi connectivity index (χ4n) is 2.63. The van der Waals surface area contributed by atoms with E-state index < -0.39 is 22.8 Å². The molecule has 0 aliphatic rings. The van der Waals surface area contributed by atoms with Crippen molar-refractivity contribution in [3.05, 3.63) is 63.5 Å². The Kier molecular flexibility index (Phi) is 6.18. The van der Waals surface area contributed by atoms with Gasteiger partial charge in [-0.25, -0.2) is 0 Å². The summed E-state index contributed by atoms with van der Waals surface area (Å²) >= 11 is 11.6. The molecule has 29 heavy (non-hydrogen) atoms. The first-order valence-corrected chi connectivity index (χ1v) is 9.27. The number of halogens is 5. The van der Waals surface area contributed by atoms with Gasteiger partial charge in [0.15, 0.2) is 11.5 Å². The highest BCUT2D eigenvalue weighted by molar-refractivity contribution is 6.32. The minimum absolute atomic E-state index is 0.0427. The molecule has 0 spiro atoms. The van der Waals surface area contributed by atoms with Crippen molar-refractivity contribution in [2.75, 3.05) is 5.32 Å². The van der Waals surface area contributed by atoms with E-state index in [-0.39, 0.29) is 18.7 Å². The highest BCUT2D eigenvalue weighted by atomic mass is 35.5. The Labute approximate surface area is 174 Å². The molecular formula is C18H16Cl2F3N5O. The van der Waals surface area contributed by atoms with Crippen molar-refractivity contribution in [1.82, 2.24) is 19.6 Å². The Morgan fingerprint density at radius 3 is 2.45 bits per heavy atom. The van der Waals surface area contributed by atoms with E-state index in [1.54, 1.807) is 29.1 Å². The van der Waals surface area contributed by atoms with E-state index >= 15 is 0 Å². The highest BCUT2D eigenvalue weighted by Gasteiger charge is 2.38. The predicted octanol–water partition coefficient (Wildman–Crippen LogP) is 4.79. The summed E-state index contributed by atoms with van der Waals surface area (Å²) in [6.45, 7) is 1.87. The molecule has 0 unspecified atom stereocenters. The lowest BCUT2D eigenvalue weighted by Gasteiger charge is -2.05. The number of amides is 1. The minimum Gasteiger partial charge on any atom is -0.309 e.